The van der Waals surface area contributed by atoms with Gasteiger partial charge in [-0.3, -0.25) is 9.52 Å². The van der Waals surface area contributed by atoms with E-state index in [-0.39, 0.29) is 30.1 Å². The lowest BCUT2D eigenvalue weighted by Gasteiger charge is -2.35. The Kier molecular flexibility index (Phi) is 6.93. The van der Waals surface area contributed by atoms with Crippen LogP contribution in [0.2, 0.25) is 0 Å². The third-order valence-corrected chi connectivity index (χ3v) is 6.69. The average molecular weight is 402 g/mol. The number of amides is 1. The predicted octanol–water partition coefficient (Wildman–Crippen LogP) is 2.62. The Morgan fingerprint density at radius 1 is 1.19 bits per heavy atom. The molecule has 0 radical (unpaired) electrons. The van der Waals surface area contributed by atoms with Crippen LogP contribution in [-0.4, -0.2) is 50.2 Å². The van der Waals surface area contributed by atoms with Gasteiger partial charge in [-0.1, -0.05) is 6.92 Å². The molecular weight excluding hydrogens is 374 g/mol. The Labute approximate surface area is 162 Å². The van der Waals surface area contributed by atoms with Gasteiger partial charge in [0.25, 0.3) is 5.91 Å². The molecule has 2 heterocycles. The highest BCUT2D eigenvalue weighted by atomic mass is 35.5. The highest BCUT2D eigenvalue weighted by Crippen LogP contribution is 2.30. The summed E-state index contributed by atoms with van der Waals surface area (Å²) in [5.41, 5.74) is 1.08. The van der Waals surface area contributed by atoms with Crippen molar-refractivity contribution in [2.75, 3.05) is 17.5 Å². The minimum Gasteiger partial charge on any atom is -0.339 e. The van der Waals surface area contributed by atoms with Crippen LogP contribution in [-0.2, 0) is 10.0 Å². The molecule has 1 amide bonds. The molecule has 0 aliphatic carbocycles. The van der Waals surface area contributed by atoms with E-state index in [2.05, 4.69) is 10.0 Å². The van der Waals surface area contributed by atoms with Gasteiger partial charge in [0, 0.05) is 36.4 Å². The first kappa shape index (κ1) is 21.0. The Morgan fingerprint density at radius 3 is 2.31 bits per heavy atom. The molecule has 6 nitrogen and oxygen atoms in total. The molecule has 2 fully saturated rings. The number of carbonyl (C=O) groups excluding carboxylic acids is 1. The molecule has 1 aromatic carbocycles. The van der Waals surface area contributed by atoms with E-state index < -0.39 is 10.0 Å². The van der Waals surface area contributed by atoms with Crippen LogP contribution in [0.5, 0.6) is 0 Å². The van der Waals surface area contributed by atoms with Gasteiger partial charge in [0.1, 0.15) is 0 Å². The number of halogens is 1. The van der Waals surface area contributed by atoms with Gasteiger partial charge in [-0.2, -0.15) is 0 Å². The second-order valence-electron chi connectivity index (χ2n) is 7.18. The summed E-state index contributed by atoms with van der Waals surface area (Å²) in [4.78, 5) is 14.6. The van der Waals surface area contributed by atoms with Crippen LogP contribution in [0.15, 0.2) is 24.3 Å². The summed E-state index contributed by atoms with van der Waals surface area (Å²) >= 11 is 0. The first-order chi connectivity index (χ1) is 11.9. The van der Waals surface area contributed by atoms with E-state index in [1.54, 1.807) is 24.3 Å². The zero-order valence-electron chi connectivity index (χ0n) is 15.3. The van der Waals surface area contributed by atoms with E-state index >= 15 is 0 Å². The van der Waals surface area contributed by atoms with Crippen molar-refractivity contribution in [2.45, 2.75) is 57.2 Å². The Morgan fingerprint density at radius 2 is 1.77 bits per heavy atom. The average Bonchev–Trinajstić information content (AvgIpc) is 2.91. The molecule has 0 spiro atoms. The van der Waals surface area contributed by atoms with Crippen LogP contribution >= 0.6 is 12.4 Å². The zero-order valence-corrected chi connectivity index (χ0v) is 16.9. The van der Waals surface area contributed by atoms with Gasteiger partial charge in [0.15, 0.2) is 0 Å². The molecule has 1 aromatic rings. The summed E-state index contributed by atoms with van der Waals surface area (Å²) in [6, 6.07) is 8.04. The van der Waals surface area contributed by atoms with Crippen molar-refractivity contribution < 1.29 is 13.2 Å². The first-order valence-electron chi connectivity index (χ1n) is 9.01. The predicted molar refractivity (Wildman–Crippen MR) is 106 cm³/mol. The van der Waals surface area contributed by atoms with Crippen molar-refractivity contribution in [1.29, 1.82) is 0 Å². The Hall–Kier alpha value is -1.31. The standard InChI is InChI=1S/C18H27N3O3S.ClH/c1-3-10-25(23,24)20-14-6-4-13(5-7-14)18(22)21(2)17-11-15-8-9-16(12-17)19-15;/h4-7,15-17,19-20H,3,8-12H2,1-2H3;1H. The third kappa shape index (κ3) is 4.90. The fourth-order valence-electron chi connectivity index (χ4n) is 3.89. The van der Waals surface area contributed by atoms with Crippen molar-refractivity contribution in [3.8, 4) is 0 Å². The smallest absolute Gasteiger partial charge is 0.253 e. The SMILES string of the molecule is CCCS(=O)(=O)Nc1ccc(C(=O)N(C)C2CC3CCC(C2)N3)cc1.Cl. The molecule has 2 N–H and O–H groups in total. The summed E-state index contributed by atoms with van der Waals surface area (Å²) in [6.07, 6.45) is 4.99. The number of rotatable bonds is 6. The van der Waals surface area contributed by atoms with Crippen LogP contribution in [0.3, 0.4) is 0 Å². The van der Waals surface area contributed by atoms with Crippen molar-refractivity contribution in [3.05, 3.63) is 29.8 Å². The molecular formula is C18H28ClN3O3S. The van der Waals surface area contributed by atoms with Crippen molar-refractivity contribution in [1.82, 2.24) is 10.2 Å². The monoisotopic (exact) mass is 401 g/mol. The zero-order chi connectivity index (χ0) is 18.0. The highest BCUT2D eigenvalue weighted by molar-refractivity contribution is 7.92. The van der Waals surface area contributed by atoms with Crippen molar-refractivity contribution in [3.63, 3.8) is 0 Å². The van der Waals surface area contributed by atoms with E-state index in [4.69, 9.17) is 0 Å². The fraction of sp³-hybridized carbons (Fsp3) is 0.611. The molecule has 2 aliphatic heterocycles. The number of nitrogens with one attached hydrogen (secondary N) is 2. The second kappa shape index (κ2) is 8.59. The van der Waals surface area contributed by atoms with E-state index in [0.29, 0.717) is 29.8 Å². The molecule has 8 heteroatoms. The number of anilines is 1. The number of sulfonamides is 1. The lowest BCUT2D eigenvalue weighted by molar-refractivity contribution is 0.0681. The lowest BCUT2D eigenvalue weighted by atomic mass is 9.98. The summed E-state index contributed by atoms with van der Waals surface area (Å²) in [6.45, 7) is 1.82. The van der Waals surface area contributed by atoms with Crippen LogP contribution in [0.4, 0.5) is 5.69 Å². The molecule has 2 atom stereocenters. The summed E-state index contributed by atoms with van der Waals surface area (Å²) < 4.78 is 26.2. The lowest BCUT2D eigenvalue weighted by Crippen LogP contribution is -2.48. The van der Waals surface area contributed by atoms with Crippen molar-refractivity contribution in [2.24, 2.45) is 0 Å². The Bertz CT molecular complexity index is 712. The second-order valence-corrected chi connectivity index (χ2v) is 9.02. The molecule has 3 rings (SSSR count). The molecule has 0 aromatic heterocycles. The van der Waals surface area contributed by atoms with Gasteiger partial charge < -0.3 is 10.2 Å². The van der Waals surface area contributed by atoms with Crippen LogP contribution in [0.1, 0.15) is 49.4 Å². The van der Waals surface area contributed by atoms with Crippen LogP contribution in [0.25, 0.3) is 0 Å². The maximum absolute atomic E-state index is 12.7. The number of hydrogen-bond acceptors (Lipinski definition) is 4. The van der Waals surface area contributed by atoms with Gasteiger partial charge in [-0.15, -0.1) is 12.4 Å². The molecule has 26 heavy (non-hydrogen) atoms. The largest absolute Gasteiger partial charge is 0.339 e. The maximum Gasteiger partial charge on any atom is 0.253 e. The van der Waals surface area contributed by atoms with Crippen molar-refractivity contribution >= 4 is 34.0 Å². The minimum absolute atomic E-state index is 0. The molecule has 2 bridgehead atoms. The summed E-state index contributed by atoms with van der Waals surface area (Å²) in [5, 5.41) is 3.59. The number of hydrogen-bond donors (Lipinski definition) is 2. The quantitative estimate of drug-likeness (QED) is 0.768. The normalized spacial score (nSPS) is 24.6. The van der Waals surface area contributed by atoms with Gasteiger partial charge in [-0.25, -0.2) is 8.42 Å². The first-order valence-corrected chi connectivity index (χ1v) is 10.7. The highest BCUT2D eigenvalue weighted by Gasteiger charge is 2.36. The number of fused-ring (bicyclic) bond motifs is 2. The summed E-state index contributed by atoms with van der Waals surface area (Å²) in [7, 11) is -1.44. The topological polar surface area (TPSA) is 78.5 Å². The van der Waals surface area contributed by atoms with Gasteiger partial charge >= 0.3 is 0 Å². The molecule has 2 unspecified atom stereocenters. The van der Waals surface area contributed by atoms with Crippen LogP contribution < -0.4 is 10.0 Å². The van der Waals surface area contributed by atoms with E-state index in [1.165, 1.54) is 12.8 Å². The van der Waals surface area contributed by atoms with Gasteiger partial charge in [0.2, 0.25) is 10.0 Å². The minimum atomic E-state index is -3.31. The van der Waals surface area contributed by atoms with E-state index in [0.717, 1.165) is 12.8 Å². The summed E-state index contributed by atoms with van der Waals surface area (Å²) in [5.74, 6) is 0.0864. The number of benzene rings is 1. The molecule has 0 saturated carbocycles. The van der Waals surface area contributed by atoms with E-state index in [9.17, 15) is 13.2 Å². The van der Waals surface area contributed by atoms with Crippen LogP contribution in [0, 0.1) is 0 Å². The molecule has 2 saturated heterocycles. The van der Waals surface area contributed by atoms with Gasteiger partial charge in [0.05, 0.1) is 5.75 Å². The number of piperidine rings is 1. The number of nitrogens with zero attached hydrogens (tertiary/aromatic N) is 1. The third-order valence-electron chi connectivity index (χ3n) is 5.19. The number of carbonyl (C=O) groups is 1. The van der Waals surface area contributed by atoms with Gasteiger partial charge in [-0.05, 0) is 56.4 Å². The fourth-order valence-corrected chi connectivity index (χ4v) is 5.03. The van der Waals surface area contributed by atoms with E-state index in [1.807, 2.05) is 18.9 Å². The Balaban J connectivity index is 0.00000243. The molecule has 2 aliphatic rings. The maximum atomic E-state index is 12.7. The molecule has 146 valence electrons.